The maximum atomic E-state index is 11.9. The largest absolute Gasteiger partial charge is 0.454 e. The highest BCUT2D eigenvalue weighted by molar-refractivity contribution is 5.94. The molecule has 10 heteroatoms. The summed E-state index contributed by atoms with van der Waals surface area (Å²) in [6.45, 7) is 2.04. The van der Waals surface area contributed by atoms with E-state index >= 15 is 0 Å². The van der Waals surface area contributed by atoms with Gasteiger partial charge in [-0.05, 0) is 43.3 Å². The van der Waals surface area contributed by atoms with Gasteiger partial charge in [0.2, 0.25) is 18.4 Å². The van der Waals surface area contributed by atoms with E-state index in [1.54, 1.807) is 18.2 Å². The second kappa shape index (κ2) is 7.41. The van der Waals surface area contributed by atoms with Crippen LogP contribution < -0.4 is 20.1 Å². The van der Waals surface area contributed by atoms with Crippen LogP contribution >= 0.6 is 0 Å². The van der Waals surface area contributed by atoms with Gasteiger partial charge in [-0.3, -0.25) is 15.1 Å². The lowest BCUT2D eigenvalue weighted by atomic mass is 10.1. The van der Waals surface area contributed by atoms with Crippen molar-refractivity contribution in [2.45, 2.75) is 6.92 Å². The lowest BCUT2D eigenvalue weighted by Crippen LogP contribution is -2.06. The molecule has 0 saturated carbocycles. The average Bonchev–Trinajstić information content (AvgIpc) is 3.21. The van der Waals surface area contributed by atoms with E-state index in [1.807, 2.05) is 37.3 Å². The summed E-state index contributed by atoms with van der Waals surface area (Å²) in [4.78, 5) is 24.1. The summed E-state index contributed by atoms with van der Waals surface area (Å²) >= 11 is 0. The van der Waals surface area contributed by atoms with Gasteiger partial charge in [0.15, 0.2) is 11.5 Å². The monoisotopic (exact) mass is 416 g/mol. The Balaban J connectivity index is 1.52. The van der Waals surface area contributed by atoms with Crippen molar-refractivity contribution in [2.24, 2.45) is 0 Å². The summed E-state index contributed by atoms with van der Waals surface area (Å²) in [7, 11) is 0. The molecule has 0 bridgehead atoms. The third-order valence-corrected chi connectivity index (χ3v) is 4.76. The lowest BCUT2D eigenvalue weighted by molar-refractivity contribution is -0.383. The number of pyridine rings is 1. The number of nitrogens with one attached hydrogen (secondary N) is 2. The van der Waals surface area contributed by atoms with E-state index in [0.29, 0.717) is 22.9 Å². The van der Waals surface area contributed by atoms with E-state index in [2.05, 4.69) is 25.6 Å². The molecule has 1 aliphatic heterocycles. The van der Waals surface area contributed by atoms with Gasteiger partial charge in [-0.2, -0.15) is 0 Å². The number of fused-ring (bicyclic) bond motifs is 2. The summed E-state index contributed by atoms with van der Waals surface area (Å²) < 4.78 is 10.7. The normalized spacial score (nSPS) is 12.0. The molecular formula is C21H16N6O4. The maximum Gasteiger partial charge on any atom is 0.353 e. The van der Waals surface area contributed by atoms with Crippen molar-refractivity contribution < 1.29 is 14.4 Å². The number of aryl methyl sites for hydroxylation is 1. The highest BCUT2D eigenvalue weighted by Gasteiger charge is 2.24. The number of hydrogen-bond donors (Lipinski definition) is 2. The second-order valence-electron chi connectivity index (χ2n) is 6.82. The molecule has 1 aliphatic rings. The Labute approximate surface area is 176 Å². The minimum Gasteiger partial charge on any atom is -0.454 e. The number of anilines is 4. The third kappa shape index (κ3) is 3.50. The van der Waals surface area contributed by atoms with E-state index in [0.717, 1.165) is 16.6 Å². The van der Waals surface area contributed by atoms with Crippen molar-refractivity contribution >= 4 is 39.6 Å². The van der Waals surface area contributed by atoms with E-state index in [4.69, 9.17) is 9.47 Å². The molecule has 2 N–H and O–H groups in total. The quantitative estimate of drug-likeness (QED) is 0.358. The molecule has 10 nitrogen and oxygen atoms in total. The topological polar surface area (TPSA) is 124 Å². The highest BCUT2D eigenvalue weighted by Crippen LogP contribution is 2.38. The Hall–Kier alpha value is -4.47. The Morgan fingerprint density at radius 3 is 2.65 bits per heavy atom. The van der Waals surface area contributed by atoms with Gasteiger partial charge in [0.05, 0.1) is 10.4 Å². The summed E-state index contributed by atoms with van der Waals surface area (Å²) in [5.74, 6) is 1.29. The molecule has 2 aromatic heterocycles. The molecule has 0 radical (unpaired) electrons. The van der Waals surface area contributed by atoms with Crippen LogP contribution in [-0.4, -0.2) is 26.7 Å². The maximum absolute atomic E-state index is 11.9. The van der Waals surface area contributed by atoms with Crippen molar-refractivity contribution in [1.29, 1.82) is 0 Å². The van der Waals surface area contributed by atoms with Crippen LogP contribution in [0.3, 0.4) is 0 Å². The van der Waals surface area contributed by atoms with Crippen molar-refractivity contribution in [3.8, 4) is 11.5 Å². The van der Waals surface area contributed by atoms with Gasteiger partial charge < -0.3 is 20.1 Å². The Kier molecular flexibility index (Phi) is 4.43. The van der Waals surface area contributed by atoms with E-state index in [1.165, 1.54) is 6.33 Å². The van der Waals surface area contributed by atoms with Gasteiger partial charge in [-0.15, -0.1) is 0 Å². The second-order valence-corrected chi connectivity index (χ2v) is 6.82. The van der Waals surface area contributed by atoms with E-state index in [9.17, 15) is 10.1 Å². The van der Waals surface area contributed by atoms with Gasteiger partial charge in [-0.25, -0.2) is 9.97 Å². The SMILES string of the molecule is Cc1ccc2c(Nc3ncnc(Nc4ccc5c(c4)OCO5)c3[N+](=O)[O-])cccc2n1. The third-order valence-electron chi connectivity index (χ3n) is 4.76. The molecule has 154 valence electrons. The molecule has 2 aromatic carbocycles. The number of hydrogen-bond acceptors (Lipinski definition) is 9. The molecule has 0 unspecified atom stereocenters. The first kappa shape index (κ1) is 18.6. The predicted octanol–water partition coefficient (Wildman–Crippen LogP) is 4.46. The van der Waals surface area contributed by atoms with Crippen LogP contribution in [-0.2, 0) is 0 Å². The lowest BCUT2D eigenvalue weighted by Gasteiger charge is -2.12. The summed E-state index contributed by atoms with van der Waals surface area (Å²) in [5, 5.41) is 18.8. The van der Waals surface area contributed by atoms with Crippen molar-refractivity contribution in [1.82, 2.24) is 15.0 Å². The zero-order chi connectivity index (χ0) is 21.4. The smallest absolute Gasteiger partial charge is 0.353 e. The zero-order valence-corrected chi connectivity index (χ0v) is 16.3. The van der Waals surface area contributed by atoms with Crippen LogP contribution in [0.15, 0.2) is 54.9 Å². The number of rotatable bonds is 5. The van der Waals surface area contributed by atoms with Crippen LogP contribution in [0.2, 0.25) is 0 Å². The van der Waals surface area contributed by atoms with Crippen LogP contribution in [0.1, 0.15) is 5.69 Å². The van der Waals surface area contributed by atoms with Gasteiger partial charge in [0, 0.05) is 28.5 Å². The molecule has 0 fully saturated rings. The Bertz CT molecular complexity index is 1330. The van der Waals surface area contributed by atoms with Gasteiger partial charge >= 0.3 is 5.69 Å². The van der Waals surface area contributed by atoms with Crippen molar-refractivity contribution in [3.05, 3.63) is 70.7 Å². The van der Waals surface area contributed by atoms with Gasteiger partial charge in [-0.1, -0.05) is 6.07 Å². The molecule has 0 saturated heterocycles. The number of ether oxygens (including phenoxy) is 2. The molecule has 0 atom stereocenters. The fourth-order valence-corrected chi connectivity index (χ4v) is 3.34. The fraction of sp³-hybridized carbons (Fsp3) is 0.0952. The van der Waals surface area contributed by atoms with Crippen molar-refractivity contribution in [3.63, 3.8) is 0 Å². The first-order chi connectivity index (χ1) is 15.1. The van der Waals surface area contributed by atoms with Crippen LogP contribution in [0, 0.1) is 17.0 Å². The predicted molar refractivity (Wildman–Crippen MR) is 114 cm³/mol. The fourth-order valence-electron chi connectivity index (χ4n) is 3.34. The first-order valence-corrected chi connectivity index (χ1v) is 9.38. The molecule has 31 heavy (non-hydrogen) atoms. The molecular weight excluding hydrogens is 400 g/mol. The molecule has 0 amide bonds. The summed E-state index contributed by atoms with van der Waals surface area (Å²) in [5.41, 5.74) is 2.60. The Morgan fingerprint density at radius 1 is 1.00 bits per heavy atom. The van der Waals surface area contributed by atoms with Crippen LogP contribution in [0.5, 0.6) is 11.5 Å². The minimum absolute atomic E-state index is 0.0515. The number of nitro groups is 1. The highest BCUT2D eigenvalue weighted by atomic mass is 16.7. The molecule has 5 rings (SSSR count). The first-order valence-electron chi connectivity index (χ1n) is 9.38. The van der Waals surface area contributed by atoms with Gasteiger partial charge in [0.25, 0.3) is 0 Å². The molecule has 0 spiro atoms. The molecule has 0 aliphatic carbocycles. The van der Waals surface area contributed by atoms with Crippen LogP contribution in [0.25, 0.3) is 10.9 Å². The summed E-state index contributed by atoms with van der Waals surface area (Å²) in [6.07, 6.45) is 1.26. The number of benzene rings is 2. The molecule has 4 aromatic rings. The number of aromatic nitrogens is 3. The zero-order valence-electron chi connectivity index (χ0n) is 16.3. The minimum atomic E-state index is -0.523. The molecule has 3 heterocycles. The van der Waals surface area contributed by atoms with E-state index < -0.39 is 4.92 Å². The standard InChI is InChI=1S/C21H16N6O4/c1-12-5-7-14-15(24-12)3-2-4-16(14)26-21-19(27(28)29)20(22-10-23-21)25-13-6-8-17-18(9-13)31-11-30-17/h2-10H,11H2,1H3,(H2,22,23,25,26). The Morgan fingerprint density at radius 2 is 1.81 bits per heavy atom. The summed E-state index contributed by atoms with van der Waals surface area (Å²) in [6, 6.07) is 14.5. The number of nitrogens with zero attached hydrogens (tertiary/aromatic N) is 4. The van der Waals surface area contributed by atoms with Crippen molar-refractivity contribution in [2.75, 3.05) is 17.4 Å². The van der Waals surface area contributed by atoms with E-state index in [-0.39, 0.29) is 24.1 Å². The average molecular weight is 416 g/mol. The van der Waals surface area contributed by atoms with Crippen LogP contribution in [0.4, 0.5) is 28.7 Å². The van der Waals surface area contributed by atoms with Gasteiger partial charge in [0.1, 0.15) is 6.33 Å².